The Kier molecular flexibility index (Phi) is 6.72. The zero-order valence-corrected chi connectivity index (χ0v) is 21.4. The van der Waals surface area contributed by atoms with Crippen molar-refractivity contribution < 1.29 is 4.74 Å². The van der Waals surface area contributed by atoms with Crippen LogP contribution < -0.4 is 4.74 Å². The lowest BCUT2D eigenvalue weighted by atomic mass is 9.78. The van der Waals surface area contributed by atoms with E-state index in [0.717, 1.165) is 66.5 Å². The van der Waals surface area contributed by atoms with Gasteiger partial charge in [-0.05, 0) is 68.5 Å². The lowest BCUT2D eigenvalue weighted by molar-refractivity contribution is 0.187. The molecule has 188 valence electrons. The SMILES string of the molecule is CN1CCC[C@H]1COc1nc(C2CCC[C@@H](CC#N)C2)c2cnc(-c3cccc4ccccc34)cc2n1. The summed E-state index contributed by atoms with van der Waals surface area (Å²) in [5.74, 6) is 0.715. The summed E-state index contributed by atoms with van der Waals surface area (Å²) in [6.07, 6.45) is 9.20. The molecule has 3 heterocycles. The Hall–Kier alpha value is -3.56. The van der Waals surface area contributed by atoms with Crippen molar-refractivity contribution in [2.45, 2.75) is 56.9 Å². The van der Waals surface area contributed by atoms with Crippen LogP contribution in [-0.4, -0.2) is 46.1 Å². The summed E-state index contributed by atoms with van der Waals surface area (Å²) >= 11 is 0. The van der Waals surface area contributed by atoms with Crippen molar-refractivity contribution in [3.05, 3.63) is 60.4 Å². The van der Waals surface area contributed by atoms with Gasteiger partial charge in [0, 0.05) is 35.5 Å². The fourth-order valence-electron chi connectivity index (χ4n) is 6.21. The van der Waals surface area contributed by atoms with Crippen LogP contribution >= 0.6 is 0 Å². The van der Waals surface area contributed by atoms with Gasteiger partial charge < -0.3 is 9.64 Å². The highest BCUT2D eigenvalue weighted by molar-refractivity contribution is 5.97. The molecule has 6 nitrogen and oxygen atoms in total. The van der Waals surface area contributed by atoms with Crippen LogP contribution in [0.3, 0.4) is 0 Å². The molecule has 4 aromatic rings. The van der Waals surface area contributed by atoms with Gasteiger partial charge in [0.25, 0.3) is 0 Å². The van der Waals surface area contributed by atoms with Gasteiger partial charge in [0.05, 0.1) is 23.0 Å². The summed E-state index contributed by atoms with van der Waals surface area (Å²) in [4.78, 5) is 17.1. The minimum absolute atomic E-state index is 0.291. The number of benzene rings is 2. The Morgan fingerprint density at radius 3 is 2.78 bits per heavy atom. The standard InChI is InChI=1S/C31H33N5O/c1-36-16-6-11-24(36)20-37-31-34-29-18-28(26-13-5-9-22-8-2-3-12-25(22)26)33-19-27(29)30(35-31)23-10-4-7-21(17-23)14-15-32/h2-3,5,8-9,12-13,18-19,21,23-24H,4,6-7,10-11,14,16-17,20H2,1H3/t21-,23?,24-/m0/s1. The van der Waals surface area contributed by atoms with E-state index in [2.05, 4.69) is 66.5 Å². The maximum atomic E-state index is 9.29. The number of aromatic nitrogens is 3. The summed E-state index contributed by atoms with van der Waals surface area (Å²) in [5.41, 5.74) is 3.91. The van der Waals surface area contributed by atoms with Crippen molar-refractivity contribution >= 4 is 21.7 Å². The van der Waals surface area contributed by atoms with Gasteiger partial charge in [-0.3, -0.25) is 4.98 Å². The molecule has 2 aromatic heterocycles. The lowest BCUT2D eigenvalue weighted by Crippen LogP contribution is -2.31. The van der Waals surface area contributed by atoms with Crippen molar-refractivity contribution in [1.82, 2.24) is 19.9 Å². The first-order valence-electron chi connectivity index (χ1n) is 13.6. The third-order valence-electron chi connectivity index (χ3n) is 8.28. The molecule has 6 rings (SSSR count). The second-order valence-electron chi connectivity index (χ2n) is 10.7. The number of fused-ring (bicyclic) bond motifs is 2. The number of ether oxygens (including phenoxy) is 1. The Morgan fingerprint density at radius 1 is 1.03 bits per heavy atom. The first-order valence-corrected chi connectivity index (χ1v) is 13.6. The maximum Gasteiger partial charge on any atom is 0.317 e. The van der Waals surface area contributed by atoms with Crippen LogP contribution in [0.15, 0.2) is 54.7 Å². The minimum Gasteiger partial charge on any atom is -0.462 e. The zero-order chi connectivity index (χ0) is 25.2. The number of hydrogen-bond donors (Lipinski definition) is 0. The number of likely N-dealkylation sites (tertiary alicyclic amines) is 1. The second-order valence-corrected chi connectivity index (χ2v) is 10.7. The summed E-state index contributed by atoms with van der Waals surface area (Å²) in [5, 5.41) is 12.7. The van der Waals surface area contributed by atoms with Gasteiger partial charge >= 0.3 is 6.01 Å². The molecule has 3 atom stereocenters. The normalized spacial score (nSPS) is 22.3. The van der Waals surface area contributed by atoms with Crippen LogP contribution in [0, 0.1) is 17.2 Å². The van der Waals surface area contributed by atoms with Crippen molar-refractivity contribution in [3.63, 3.8) is 0 Å². The van der Waals surface area contributed by atoms with Gasteiger partial charge in [-0.15, -0.1) is 0 Å². The fraction of sp³-hybridized carbons (Fsp3) is 0.419. The van der Waals surface area contributed by atoms with E-state index in [1.54, 1.807) is 0 Å². The van der Waals surface area contributed by atoms with E-state index in [4.69, 9.17) is 19.7 Å². The largest absolute Gasteiger partial charge is 0.462 e. The topological polar surface area (TPSA) is 74.9 Å². The molecule has 0 spiro atoms. The van der Waals surface area contributed by atoms with Crippen molar-refractivity contribution in [2.24, 2.45) is 5.92 Å². The fourth-order valence-corrected chi connectivity index (χ4v) is 6.21. The van der Waals surface area contributed by atoms with Crippen molar-refractivity contribution in [2.75, 3.05) is 20.2 Å². The molecule has 2 fully saturated rings. The van der Waals surface area contributed by atoms with Gasteiger partial charge in [0.1, 0.15) is 6.61 Å². The molecule has 6 heteroatoms. The van der Waals surface area contributed by atoms with Crippen LogP contribution in [0.4, 0.5) is 0 Å². The molecule has 0 radical (unpaired) electrons. The number of nitrogens with zero attached hydrogens (tertiary/aromatic N) is 5. The van der Waals surface area contributed by atoms with Crippen LogP contribution in [-0.2, 0) is 0 Å². The first kappa shape index (κ1) is 23.8. The van der Waals surface area contributed by atoms with Crippen LogP contribution in [0.5, 0.6) is 6.01 Å². The van der Waals surface area contributed by atoms with E-state index in [1.807, 2.05) is 6.20 Å². The van der Waals surface area contributed by atoms with Crippen LogP contribution in [0.1, 0.15) is 56.6 Å². The predicted octanol–water partition coefficient (Wildman–Crippen LogP) is 6.51. The first-order chi connectivity index (χ1) is 18.2. The number of pyridine rings is 1. The third kappa shape index (κ3) is 4.89. The predicted molar refractivity (Wildman–Crippen MR) is 146 cm³/mol. The molecular formula is C31H33N5O. The summed E-state index contributed by atoms with van der Waals surface area (Å²) in [6.45, 7) is 1.71. The average Bonchev–Trinajstić information content (AvgIpc) is 3.35. The van der Waals surface area contributed by atoms with Crippen molar-refractivity contribution in [1.29, 1.82) is 5.26 Å². The van der Waals surface area contributed by atoms with Gasteiger partial charge in [0.2, 0.25) is 0 Å². The molecule has 0 N–H and O–H groups in total. The minimum atomic E-state index is 0.291. The molecule has 1 saturated heterocycles. The molecular weight excluding hydrogens is 458 g/mol. The molecule has 1 aliphatic carbocycles. The second kappa shape index (κ2) is 10.4. The average molecular weight is 492 g/mol. The van der Waals surface area contributed by atoms with Crippen molar-refractivity contribution in [3.8, 4) is 23.3 Å². The number of likely N-dealkylation sites (N-methyl/N-ethyl adjacent to an activating group) is 1. The molecule has 0 bridgehead atoms. The number of hydrogen-bond acceptors (Lipinski definition) is 6. The highest BCUT2D eigenvalue weighted by atomic mass is 16.5. The van der Waals surface area contributed by atoms with E-state index in [9.17, 15) is 5.26 Å². The molecule has 0 amide bonds. The lowest BCUT2D eigenvalue weighted by Gasteiger charge is -2.28. The van der Waals surface area contributed by atoms with Gasteiger partial charge in [-0.2, -0.15) is 15.2 Å². The van der Waals surface area contributed by atoms with E-state index < -0.39 is 0 Å². The van der Waals surface area contributed by atoms with Gasteiger partial charge in [0.15, 0.2) is 0 Å². The molecule has 37 heavy (non-hydrogen) atoms. The van der Waals surface area contributed by atoms with Crippen LogP contribution in [0.2, 0.25) is 0 Å². The number of rotatable bonds is 6. The highest BCUT2D eigenvalue weighted by Crippen LogP contribution is 2.40. The Labute approximate surface area is 218 Å². The van der Waals surface area contributed by atoms with Crippen LogP contribution in [0.25, 0.3) is 32.9 Å². The molecule has 2 aliphatic rings. The van der Waals surface area contributed by atoms with E-state index in [1.165, 1.54) is 17.2 Å². The van der Waals surface area contributed by atoms with E-state index in [-0.39, 0.29) is 0 Å². The highest BCUT2D eigenvalue weighted by Gasteiger charge is 2.28. The smallest absolute Gasteiger partial charge is 0.317 e. The molecule has 1 saturated carbocycles. The molecule has 2 aromatic carbocycles. The Bertz CT molecular complexity index is 1460. The maximum absolute atomic E-state index is 9.29. The van der Waals surface area contributed by atoms with E-state index >= 15 is 0 Å². The van der Waals surface area contributed by atoms with Gasteiger partial charge in [-0.1, -0.05) is 48.9 Å². The summed E-state index contributed by atoms with van der Waals surface area (Å²) in [7, 11) is 2.16. The summed E-state index contributed by atoms with van der Waals surface area (Å²) in [6, 6.07) is 20.1. The van der Waals surface area contributed by atoms with Gasteiger partial charge in [-0.25, -0.2) is 0 Å². The Morgan fingerprint density at radius 2 is 1.92 bits per heavy atom. The monoisotopic (exact) mass is 491 g/mol. The molecule has 1 aliphatic heterocycles. The molecule has 1 unspecified atom stereocenters. The number of nitriles is 1. The summed E-state index contributed by atoms with van der Waals surface area (Å²) < 4.78 is 6.25. The quantitative estimate of drug-likeness (QED) is 0.306. The van der Waals surface area contributed by atoms with E-state index in [0.29, 0.717) is 36.9 Å². The zero-order valence-electron chi connectivity index (χ0n) is 21.4. The third-order valence-corrected chi connectivity index (χ3v) is 8.28. The Balaban J connectivity index is 1.41.